The summed E-state index contributed by atoms with van der Waals surface area (Å²) in [7, 11) is 0. The van der Waals surface area contributed by atoms with Crippen LogP contribution in [0.4, 0.5) is 0 Å². The van der Waals surface area contributed by atoms with Gasteiger partial charge in [0, 0.05) is 0 Å². The van der Waals surface area contributed by atoms with Crippen molar-refractivity contribution in [3.05, 3.63) is 0 Å². The van der Waals surface area contributed by atoms with Gasteiger partial charge in [0.2, 0.25) is 0 Å². The first-order chi connectivity index (χ1) is 0. The SMILES string of the molecule is [Pr+3].[Pr+3].[Se-2].[Se-2].[Se-2]. The second kappa shape index (κ2) is 23.9. The van der Waals surface area contributed by atoms with Crippen LogP contribution in [0, 0.1) is 82.6 Å². The minimum Gasteiger partial charge on any atom is -2.00 e. The molecule has 0 aromatic rings. The van der Waals surface area contributed by atoms with Crippen molar-refractivity contribution in [2.45, 2.75) is 0 Å². The maximum absolute atomic E-state index is 0. The van der Waals surface area contributed by atoms with Gasteiger partial charge in [0.1, 0.15) is 0 Å². The molecule has 5 heteroatoms. The van der Waals surface area contributed by atoms with Gasteiger partial charge in [-0.15, -0.1) is 0 Å². The van der Waals surface area contributed by atoms with Crippen molar-refractivity contribution in [2.75, 3.05) is 0 Å². The first kappa shape index (κ1) is 34.7. The van der Waals surface area contributed by atoms with Gasteiger partial charge in [0.25, 0.3) is 0 Å². The summed E-state index contributed by atoms with van der Waals surface area (Å²) < 4.78 is 0. The monoisotopic (exact) mass is 522 g/mol. The molecule has 0 aliphatic heterocycles. The average molecular weight is 519 g/mol. The maximum atomic E-state index is 0. The fraction of sp³-hybridized carbons (Fsp3) is 0. The molecule has 0 rings (SSSR count). The van der Waals surface area contributed by atoms with Crippen LogP contribution in [0.1, 0.15) is 0 Å². The zero-order valence-electron chi connectivity index (χ0n) is 2.38. The van der Waals surface area contributed by atoms with Crippen LogP contribution in [0.25, 0.3) is 0 Å². The smallest absolute Gasteiger partial charge is 2.00 e. The van der Waals surface area contributed by atoms with Crippen molar-refractivity contribution in [3.8, 4) is 0 Å². The molecule has 0 saturated carbocycles. The predicted octanol–water partition coefficient (Wildman–Crippen LogP) is -1.14. The zero-order chi connectivity index (χ0) is 0. The van der Waals surface area contributed by atoms with Crippen LogP contribution in [-0.4, -0.2) is 51.2 Å². The van der Waals surface area contributed by atoms with Gasteiger partial charge in [0.05, 0.1) is 0 Å². The number of hydrogen-bond donors (Lipinski definition) is 0. The van der Waals surface area contributed by atoms with Gasteiger partial charge in [-0.2, -0.15) is 0 Å². The topological polar surface area (TPSA) is 0 Å². The van der Waals surface area contributed by atoms with E-state index < -0.39 is 0 Å². The third-order valence-electron chi connectivity index (χ3n) is 0. The maximum Gasteiger partial charge on any atom is 3.00 e. The van der Waals surface area contributed by atoms with Gasteiger partial charge >= 0.3 is 82.6 Å². The van der Waals surface area contributed by atoms with Gasteiger partial charge in [-0.25, -0.2) is 0 Å². The van der Waals surface area contributed by atoms with Crippen LogP contribution < -0.4 is 0 Å². The third-order valence-corrected chi connectivity index (χ3v) is 0. The van der Waals surface area contributed by atoms with E-state index in [9.17, 15) is 0 Å². The minimum atomic E-state index is 0. The van der Waals surface area contributed by atoms with Gasteiger partial charge in [-0.1, -0.05) is 0 Å². The molecular formula is Pr2Se3. The summed E-state index contributed by atoms with van der Waals surface area (Å²) in [6.45, 7) is 0. The number of rotatable bonds is 0. The molecule has 0 saturated heterocycles. The number of hydrogen-bond acceptors (Lipinski definition) is 0. The fourth-order valence-electron chi connectivity index (χ4n) is 0. The fourth-order valence-corrected chi connectivity index (χ4v) is 0. The molecule has 0 radical (unpaired) electrons. The molecule has 0 spiro atoms. The molecular weight excluding hydrogens is 519 g/mol. The molecule has 0 aliphatic carbocycles. The summed E-state index contributed by atoms with van der Waals surface area (Å²) in [6, 6.07) is 0. The van der Waals surface area contributed by atoms with Crippen LogP contribution in [0.15, 0.2) is 0 Å². The molecule has 0 bridgehead atoms. The zero-order valence-corrected chi connectivity index (χ0v) is 14.9. The standard InChI is InChI=1S/2Pr.3Se/q2*+3;3*-2. The Kier molecular flexibility index (Phi) is 166. The van der Waals surface area contributed by atoms with E-state index in [4.69, 9.17) is 0 Å². The first-order valence-electron chi connectivity index (χ1n) is 0. The normalized spacial score (nSPS) is 0. The predicted molar refractivity (Wildman–Crippen MR) is 17.3 cm³/mol. The Labute approximate surface area is 130 Å². The average Bonchev–Trinajstić information content (AvgIpc) is 0. The van der Waals surface area contributed by atoms with Crippen molar-refractivity contribution in [2.24, 2.45) is 0 Å². The molecule has 0 aromatic heterocycles. The van der Waals surface area contributed by atoms with E-state index in [1.54, 1.807) is 0 Å². The van der Waals surface area contributed by atoms with Crippen LogP contribution in [0.2, 0.25) is 0 Å². The summed E-state index contributed by atoms with van der Waals surface area (Å²) in [5, 5.41) is 0. The summed E-state index contributed by atoms with van der Waals surface area (Å²) in [4.78, 5) is 0. The Hall–Kier alpha value is 4.29. The van der Waals surface area contributed by atoms with E-state index in [2.05, 4.69) is 0 Å². The quantitative estimate of drug-likeness (QED) is 0.356. The van der Waals surface area contributed by atoms with E-state index in [0.29, 0.717) is 0 Å². The van der Waals surface area contributed by atoms with Crippen molar-refractivity contribution < 1.29 is 82.6 Å². The summed E-state index contributed by atoms with van der Waals surface area (Å²) >= 11 is 0. The second-order valence-electron chi connectivity index (χ2n) is 0. The van der Waals surface area contributed by atoms with Crippen LogP contribution in [-0.2, 0) is 0 Å². The van der Waals surface area contributed by atoms with E-state index in [1.165, 1.54) is 0 Å². The van der Waals surface area contributed by atoms with Gasteiger partial charge in [-0.3, -0.25) is 0 Å². The molecule has 0 N–H and O–H groups in total. The molecule has 0 aromatic carbocycles. The van der Waals surface area contributed by atoms with E-state index in [0.717, 1.165) is 0 Å². The van der Waals surface area contributed by atoms with Gasteiger partial charge < -0.3 is 51.2 Å². The van der Waals surface area contributed by atoms with E-state index in [-0.39, 0.29) is 134 Å². The molecule has 0 aliphatic rings. The molecule has 0 atom stereocenters. The Morgan fingerprint density at radius 1 is 0.400 bits per heavy atom. The largest absolute Gasteiger partial charge is 3.00 e. The van der Waals surface area contributed by atoms with Gasteiger partial charge in [-0.05, 0) is 0 Å². The van der Waals surface area contributed by atoms with Crippen LogP contribution >= 0.6 is 0 Å². The van der Waals surface area contributed by atoms with Crippen molar-refractivity contribution in [3.63, 3.8) is 0 Å². The Balaban J connectivity index is 0. The molecule has 0 nitrogen and oxygen atoms in total. The summed E-state index contributed by atoms with van der Waals surface area (Å²) in [6.07, 6.45) is 0. The molecule has 5 heavy (non-hydrogen) atoms. The van der Waals surface area contributed by atoms with Gasteiger partial charge in [0.15, 0.2) is 0 Å². The van der Waals surface area contributed by atoms with Crippen molar-refractivity contribution in [1.82, 2.24) is 0 Å². The summed E-state index contributed by atoms with van der Waals surface area (Å²) in [5.41, 5.74) is 0. The van der Waals surface area contributed by atoms with Crippen LogP contribution in [0.3, 0.4) is 0 Å². The Morgan fingerprint density at radius 3 is 0.400 bits per heavy atom. The first-order valence-corrected chi connectivity index (χ1v) is 0. The van der Waals surface area contributed by atoms with E-state index in [1.807, 2.05) is 0 Å². The van der Waals surface area contributed by atoms with Crippen LogP contribution in [0.5, 0.6) is 0 Å². The molecule has 0 amide bonds. The molecule has 0 fully saturated rings. The van der Waals surface area contributed by atoms with E-state index >= 15 is 0 Å². The third kappa shape index (κ3) is 17.8. The Morgan fingerprint density at radius 2 is 0.400 bits per heavy atom. The van der Waals surface area contributed by atoms with Crippen molar-refractivity contribution in [1.29, 1.82) is 0 Å². The minimum absolute atomic E-state index is 0. The molecule has 24 valence electrons. The Bertz CT molecular complexity index is 4.85. The van der Waals surface area contributed by atoms with Crippen molar-refractivity contribution >= 4 is 51.2 Å². The second-order valence-corrected chi connectivity index (χ2v) is 0. The molecule has 0 heterocycles. The molecule has 0 unspecified atom stereocenters. The summed E-state index contributed by atoms with van der Waals surface area (Å²) in [5.74, 6) is 0.